The van der Waals surface area contributed by atoms with Gasteiger partial charge in [0.25, 0.3) is 23.6 Å². The normalized spacial score (nSPS) is 21.9. The Morgan fingerprint density at radius 2 is 0.985 bits per heavy atom. The molecule has 4 aliphatic rings. The van der Waals surface area contributed by atoms with Crippen LogP contribution in [0.4, 0.5) is 0 Å². The van der Waals surface area contributed by atoms with E-state index in [0.29, 0.717) is 50.5 Å². The van der Waals surface area contributed by atoms with Crippen LogP contribution < -0.4 is 10.6 Å². The van der Waals surface area contributed by atoms with Crippen LogP contribution in [0.5, 0.6) is 0 Å². The number of carbonyl (C=O) groups is 4. The number of carbonyl (C=O) groups excluding carboxylic acids is 4. The number of amides is 4. The molecule has 0 spiro atoms. The van der Waals surface area contributed by atoms with Crippen molar-refractivity contribution in [3.63, 3.8) is 0 Å². The minimum absolute atomic E-state index is 0.0595. The van der Waals surface area contributed by atoms with Gasteiger partial charge in [0.2, 0.25) is 0 Å². The van der Waals surface area contributed by atoms with E-state index in [1.807, 2.05) is 108 Å². The number of allylic oxidation sites excluding steroid dienone is 1. The molecule has 6 aromatic carbocycles. The van der Waals surface area contributed by atoms with Gasteiger partial charge in [-0.1, -0.05) is 95.2 Å². The second kappa shape index (κ2) is 14.3. The molecule has 2 unspecified atom stereocenters. The van der Waals surface area contributed by atoms with E-state index in [1.165, 1.54) is 0 Å². The van der Waals surface area contributed by atoms with Crippen LogP contribution in [0.25, 0.3) is 108 Å². The lowest BCUT2D eigenvalue weighted by Crippen LogP contribution is -2.30. The van der Waals surface area contributed by atoms with Crippen molar-refractivity contribution in [1.29, 1.82) is 0 Å². The molecule has 4 amide bonds. The van der Waals surface area contributed by atoms with Gasteiger partial charge in [0.05, 0.1) is 74.6 Å². The molecule has 330 valence electrons. The molecule has 1 saturated carbocycles. The van der Waals surface area contributed by atoms with Gasteiger partial charge in [0, 0.05) is 75.0 Å². The second-order valence-corrected chi connectivity index (χ2v) is 17.6. The minimum Gasteiger partial charge on any atom is -0.390 e. The number of nitrogens with zero attached hydrogens (tertiary/aromatic N) is 8. The average molecular weight is 899 g/mol. The first-order chi connectivity index (χ1) is 33.2. The number of H-pyrrole nitrogens is 2. The molecule has 0 bridgehead atoms. The summed E-state index contributed by atoms with van der Waals surface area (Å²) in [5.41, 5.74) is 25.8. The van der Waals surface area contributed by atoms with Crippen LogP contribution in [-0.4, -0.2) is 77.2 Å². The summed E-state index contributed by atoms with van der Waals surface area (Å²) in [7, 11) is 0. The lowest BCUT2D eigenvalue weighted by atomic mass is 9.96. The number of aromatic nitrogens is 4. The van der Waals surface area contributed by atoms with Crippen LogP contribution in [0, 0.1) is 0 Å². The number of benzene rings is 6. The number of imide groups is 2. The van der Waals surface area contributed by atoms with Gasteiger partial charge in [-0.3, -0.25) is 29.8 Å². The Morgan fingerprint density at radius 1 is 0.529 bits per heavy atom. The van der Waals surface area contributed by atoms with Gasteiger partial charge in [0.15, 0.2) is 0 Å². The molecule has 6 heterocycles. The van der Waals surface area contributed by atoms with Gasteiger partial charge in [-0.05, 0) is 48.2 Å². The van der Waals surface area contributed by atoms with Crippen LogP contribution >= 0.6 is 0 Å². The monoisotopic (exact) mass is 898 g/mol. The molecule has 4 aromatic heterocycles. The van der Waals surface area contributed by atoms with E-state index in [9.17, 15) is 29.4 Å². The summed E-state index contributed by atoms with van der Waals surface area (Å²) < 4.78 is 4.13. The van der Waals surface area contributed by atoms with Crippen molar-refractivity contribution in [2.45, 2.75) is 49.2 Å². The molecule has 1 fully saturated rings. The number of nitrogens with one attached hydrogen (secondary N) is 4. The molecule has 0 radical (unpaired) electrons. The number of aromatic amines is 2. The van der Waals surface area contributed by atoms with Gasteiger partial charge < -0.3 is 29.3 Å². The Hall–Kier alpha value is -8.92. The van der Waals surface area contributed by atoms with Gasteiger partial charge in [-0.2, -0.15) is 0 Å². The Labute approximate surface area is 380 Å². The first-order valence-electron chi connectivity index (χ1n) is 22.0. The zero-order valence-electron chi connectivity index (χ0n) is 35.4. The third-order valence-electron chi connectivity index (χ3n) is 14.3. The largest absolute Gasteiger partial charge is 0.390 e. The first-order valence-corrected chi connectivity index (χ1v) is 22.0. The van der Waals surface area contributed by atoms with E-state index >= 15 is 0 Å². The predicted molar refractivity (Wildman–Crippen MR) is 256 cm³/mol. The van der Waals surface area contributed by atoms with E-state index < -0.39 is 36.1 Å². The quantitative estimate of drug-likeness (QED) is 0.0329. The highest BCUT2D eigenvalue weighted by molar-refractivity contribution is 6.41. The zero-order valence-corrected chi connectivity index (χ0v) is 35.4. The predicted octanol–water partition coefficient (Wildman–Crippen LogP) is 9.15. The number of rotatable bonds is 4. The van der Waals surface area contributed by atoms with Crippen LogP contribution in [-0.2, 0) is 0 Å². The smallest absolute Gasteiger partial charge is 0.259 e. The number of aliphatic hydroxyl groups is 2. The van der Waals surface area contributed by atoms with Crippen LogP contribution in [0.15, 0.2) is 119 Å². The van der Waals surface area contributed by atoms with Gasteiger partial charge in [-0.15, -0.1) is 0 Å². The molecule has 18 heteroatoms. The number of azide groups is 2. The highest BCUT2D eigenvalue weighted by Crippen LogP contribution is 2.48. The third-order valence-corrected chi connectivity index (χ3v) is 14.3. The fraction of sp³-hybridized carbons (Fsp3) is 0.160. The highest BCUT2D eigenvalue weighted by atomic mass is 16.3. The first kappa shape index (κ1) is 39.4. The maximum absolute atomic E-state index is 13.1. The second-order valence-electron chi connectivity index (χ2n) is 17.6. The van der Waals surface area contributed by atoms with Crippen molar-refractivity contribution >= 4 is 111 Å². The van der Waals surface area contributed by atoms with Crippen molar-refractivity contribution < 1.29 is 29.4 Å². The number of aliphatic hydroxyl groups excluding tert-OH is 2. The molecular formula is C50H34N12O6. The molecule has 6 N–H and O–H groups in total. The number of hydrogen-bond acceptors (Lipinski definition) is 8. The summed E-state index contributed by atoms with van der Waals surface area (Å²) in [6.07, 6.45) is 2.39. The SMILES string of the molecule is [N-]=[N+]=N[C@@H]1CC(n2c3ccccc3c3c4c(c5c6ccccc6[nH]c5c32)C(=O)NC4=O)[C@H](O)[C@@H]1O.[N-]=[N+]=N[C@H]1C=CC(n2c3ccccc3c3c4c(c5c6ccccc6[nH]c5c32)C(=O)NC4=O)C1. The maximum Gasteiger partial charge on any atom is 0.259 e. The number of para-hydroxylation sites is 4. The standard InChI is InChI=1S/C25H18N6O4.C25H16N6O2/c26-30-29-13-9-15(23(33)22(13)32)31-14-8-4-2-6-11(14)17-19-18(24(34)28-25(19)35)16-10-5-1-3-7-12(10)27-20(16)21(17)31;26-30-29-12-9-10-13(11-12)31-17-8-4-2-6-15(17)19-21-20(24(32)28-25(21)33)18-14-5-1-3-7-16(14)27-22(18)23(19)31/h1-8,13,15,22-23,27,32-33H,9H2,(H,28,34,35);1-10,12-13,27H,11H2,(H,28,32,33)/t13-,15?,22-,23+;12-,13?/m10/s1. The van der Waals surface area contributed by atoms with Crippen LogP contribution in [0.2, 0.25) is 0 Å². The third kappa shape index (κ3) is 5.18. The average Bonchev–Trinajstić information content (AvgIpc) is 4.23. The van der Waals surface area contributed by atoms with Gasteiger partial charge >= 0.3 is 0 Å². The van der Waals surface area contributed by atoms with Crippen LogP contribution in [0.1, 0.15) is 66.4 Å². The molecule has 0 saturated heterocycles. The molecule has 10 aromatic rings. The van der Waals surface area contributed by atoms with Crippen molar-refractivity contribution in [1.82, 2.24) is 29.7 Å². The van der Waals surface area contributed by atoms with Crippen molar-refractivity contribution in [3.8, 4) is 0 Å². The summed E-state index contributed by atoms with van der Waals surface area (Å²) in [5, 5.41) is 40.4. The molecular weight excluding hydrogens is 865 g/mol. The summed E-state index contributed by atoms with van der Waals surface area (Å²) in [6, 6.07) is 29.1. The molecule has 2 aliphatic heterocycles. The molecule has 2 aliphatic carbocycles. The summed E-state index contributed by atoms with van der Waals surface area (Å²) in [4.78, 5) is 65.0. The molecule has 6 atom stereocenters. The van der Waals surface area contributed by atoms with Crippen molar-refractivity contribution in [2.75, 3.05) is 0 Å². The number of fused-ring (bicyclic) bond motifs is 20. The topological polar surface area (TPSA) is 272 Å². The van der Waals surface area contributed by atoms with E-state index in [2.05, 4.69) is 51.3 Å². The van der Waals surface area contributed by atoms with Crippen LogP contribution in [0.3, 0.4) is 0 Å². The van der Waals surface area contributed by atoms with Gasteiger partial charge in [0.1, 0.15) is 6.10 Å². The summed E-state index contributed by atoms with van der Waals surface area (Å²) >= 11 is 0. The van der Waals surface area contributed by atoms with E-state index in [4.69, 9.17) is 11.1 Å². The fourth-order valence-electron chi connectivity index (χ4n) is 11.7. The Morgan fingerprint density at radius 3 is 1.51 bits per heavy atom. The van der Waals surface area contributed by atoms with Crippen molar-refractivity contribution in [3.05, 3.63) is 152 Å². The Balaban J connectivity index is 0.000000135. The van der Waals surface area contributed by atoms with E-state index in [1.54, 1.807) is 0 Å². The maximum atomic E-state index is 13.1. The minimum atomic E-state index is -1.23. The fourth-order valence-corrected chi connectivity index (χ4v) is 11.7. The van der Waals surface area contributed by atoms with E-state index in [-0.39, 0.29) is 30.3 Å². The molecule has 14 rings (SSSR count). The highest BCUT2D eigenvalue weighted by Gasteiger charge is 2.45. The summed E-state index contributed by atoms with van der Waals surface area (Å²) in [5.74, 6) is -1.65. The molecule has 68 heavy (non-hydrogen) atoms. The van der Waals surface area contributed by atoms with Gasteiger partial charge in [-0.25, -0.2) is 0 Å². The lowest BCUT2D eigenvalue weighted by molar-refractivity contribution is 0.0196. The van der Waals surface area contributed by atoms with Crippen molar-refractivity contribution in [2.24, 2.45) is 10.2 Å². The zero-order chi connectivity index (χ0) is 46.3. The Bertz CT molecular complexity index is 4130. The summed E-state index contributed by atoms with van der Waals surface area (Å²) in [6.45, 7) is 0. The lowest BCUT2D eigenvalue weighted by Gasteiger charge is -2.21. The van der Waals surface area contributed by atoms with E-state index in [0.717, 1.165) is 65.4 Å². The number of hydrogen-bond donors (Lipinski definition) is 6. The Kier molecular flexibility index (Phi) is 8.29. The molecule has 18 nitrogen and oxygen atoms in total.